The van der Waals surface area contributed by atoms with Crippen molar-refractivity contribution in [3.8, 4) is 0 Å². The highest BCUT2D eigenvalue weighted by Gasteiger charge is 2.57. The lowest BCUT2D eigenvalue weighted by Gasteiger charge is -2.44. The molecule has 0 unspecified atom stereocenters. The summed E-state index contributed by atoms with van der Waals surface area (Å²) in [4.78, 5) is 81.0. The van der Waals surface area contributed by atoms with Crippen molar-refractivity contribution in [3.63, 3.8) is 0 Å². The number of carboxylic acid groups (broad SMARTS) is 2. The van der Waals surface area contributed by atoms with Crippen molar-refractivity contribution in [3.05, 3.63) is 84.2 Å². The van der Waals surface area contributed by atoms with Gasteiger partial charge in [-0.25, -0.2) is 14.4 Å². The number of benzene rings is 2. The molecule has 0 aliphatic carbocycles. The highest BCUT2D eigenvalue weighted by Crippen LogP contribution is 2.37. The van der Waals surface area contributed by atoms with Crippen LogP contribution in [0.15, 0.2) is 82.8 Å². The number of aromatic nitrogens is 2. The second-order valence-electron chi connectivity index (χ2n) is 13.3. The van der Waals surface area contributed by atoms with E-state index < -0.39 is 47.6 Å². The number of imide groups is 2. The molecule has 4 aromatic rings. The van der Waals surface area contributed by atoms with Crippen LogP contribution in [0.1, 0.15) is 37.1 Å². The Labute approximate surface area is 343 Å². The van der Waals surface area contributed by atoms with Gasteiger partial charge in [-0.05, 0) is 49.9 Å². The molecular formula is C38H42F6N10O7. The monoisotopic (exact) mass is 864 g/mol. The van der Waals surface area contributed by atoms with Gasteiger partial charge in [0, 0.05) is 61.2 Å². The van der Waals surface area contributed by atoms with E-state index in [1.54, 1.807) is 0 Å². The van der Waals surface area contributed by atoms with Crippen LogP contribution in [0.5, 0.6) is 0 Å². The highest BCUT2D eigenvalue weighted by molar-refractivity contribution is 6.19. The largest absolute Gasteiger partial charge is 0.490 e. The summed E-state index contributed by atoms with van der Waals surface area (Å²) in [5.74, 6) is -6.72. The van der Waals surface area contributed by atoms with Gasteiger partial charge in [-0.3, -0.25) is 39.3 Å². The first-order chi connectivity index (χ1) is 28.6. The molecule has 61 heavy (non-hydrogen) atoms. The number of nitrogens with zero attached hydrogens (tertiary/aromatic N) is 6. The van der Waals surface area contributed by atoms with Crippen LogP contribution < -0.4 is 22.9 Å². The summed E-state index contributed by atoms with van der Waals surface area (Å²) in [5.41, 5.74) is 22.8. The predicted molar refractivity (Wildman–Crippen MR) is 209 cm³/mol. The number of unbranched alkanes of at least 4 members (excludes halogenated alkanes) is 2. The van der Waals surface area contributed by atoms with Crippen LogP contribution >= 0.6 is 0 Å². The van der Waals surface area contributed by atoms with Crippen molar-refractivity contribution in [2.24, 2.45) is 38.3 Å². The van der Waals surface area contributed by atoms with Crippen LogP contribution in [0.2, 0.25) is 0 Å². The Kier molecular flexibility index (Phi) is 16.8. The number of carbonyl (C=O) groups excluding carboxylic acids is 3. The Morgan fingerprint density at radius 2 is 0.934 bits per heavy atom. The Balaban J connectivity index is 0.000000609. The van der Waals surface area contributed by atoms with E-state index in [1.807, 2.05) is 72.8 Å². The second-order valence-corrected chi connectivity index (χ2v) is 13.3. The lowest BCUT2D eigenvalue weighted by molar-refractivity contribution is -0.193. The van der Waals surface area contributed by atoms with Crippen molar-refractivity contribution < 1.29 is 60.5 Å². The first-order valence-corrected chi connectivity index (χ1v) is 18.1. The van der Waals surface area contributed by atoms with Crippen LogP contribution in [0.3, 0.4) is 0 Å². The zero-order valence-corrected chi connectivity index (χ0v) is 32.2. The number of alkyl halides is 6. The van der Waals surface area contributed by atoms with Crippen LogP contribution in [-0.4, -0.2) is 110 Å². The predicted octanol–water partition coefficient (Wildman–Crippen LogP) is 3.72. The molecule has 1 aliphatic rings. The number of nitrogens with two attached hydrogens (primary N) is 4. The first kappa shape index (κ1) is 48.3. The molecule has 0 atom stereocenters. The minimum atomic E-state index is -5.08. The van der Waals surface area contributed by atoms with Crippen molar-refractivity contribution in [2.45, 2.75) is 50.9 Å². The summed E-state index contributed by atoms with van der Waals surface area (Å²) < 4.78 is 63.5. The summed E-state index contributed by atoms with van der Waals surface area (Å²) in [6.07, 6.45) is -8.25. The Bertz CT molecular complexity index is 2110. The van der Waals surface area contributed by atoms with Gasteiger partial charge >= 0.3 is 30.3 Å². The fraction of sp³-hybridized carbons (Fsp3) is 0.342. The number of aliphatic carboxylic acids is 2. The summed E-state index contributed by atoms with van der Waals surface area (Å²) in [7, 11) is 0. The van der Waals surface area contributed by atoms with Crippen LogP contribution in [0.4, 0.5) is 31.1 Å². The number of aliphatic imine (C=N–C) groups is 2. The number of rotatable bonds is 14. The molecule has 3 heterocycles. The van der Waals surface area contributed by atoms with E-state index in [-0.39, 0.29) is 37.9 Å². The van der Waals surface area contributed by atoms with Gasteiger partial charge in [0.2, 0.25) is 11.8 Å². The van der Waals surface area contributed by atoms with E-state index >= 15 is 0 Å². The van der Waals surface area contributed by atoms with Crippen molar-refractivity contribution >= 4 is 63.5 Å². The molecule has 0 radical (unpaired) electrons. The molecule has 0 saturated carbocycles. The second kappa shape index (κ2) is 21.3. The number of barbiturate groups is 1. The highest BCUT2D eigenvalue weighted by atomic mass is 19.4. The SMILES string of the molecule is NC(N)=NCCCCN1C(=O)N(CCCCN=C(N)N)C(=O)C(Cc2ccc3ccccc3n2)(Cc2ccc3ccccc3n2)C1=O.O=C(O)C(F)(F)F.O=C(O)C(F)(F)F. The molecule has 4 amide bonds. The number of guanidine groups is 2. The van der Waals surface area contributed by atoms with E-state index in [4.69, 9.17) is 52.7 Å². The van der Waals surface area contributed by atoms with Gasteiger partial charge in [0.05, 0.1) is 11.0 Å². The zero-order valence-electron chi connectivity index (χ0n) is 32.2. The third-order valence-corrected chi connectivity index (χ3v) is 8.70. The van der Waals surface area contributed by atoms with Gasteiger partial charge in [-0.15, -0.1) is 0 Å². The van der Waals surface area contributed by atoms with E-state index in [2.05, 4.69) is 9.98 Å². The van der Waals surface area contributed by atoms with Crippen molar-refractivity contribution in [1.29, 1.82) is 0 Å². The number of urea groups is 1. The molecule has 17 nitrogen and oxygen atoms in total. The third-order valence-electron chi connectivity index (χ3n) is 8.70. The average Bonchev–Trinajstić information content (AvgIpc) is 3.18. The minimum absolute atomic E-state index is 0.0215. The number of fused-ring (bicyclic) bond motifs is 2. The third kappa shape index (κ3) is 14.0. The number of carbonyl (C=O) groups is 5. The maximum atomic E-state index is 14.7. The van der Waals surface area contributed by atoms with E-state index in [9.17, 15) is 40.7 Å². The molecule has 0 bridgehead atoms. The topological polar surface area (TPSA) is 287 Å². The zero-order chi connectivity index (χ0) is 45.5. The molecule has 0 spiro atoms. The number of para-hydroxylation sites is 2. The molecule has 1 aliphatic heterocycles. The van der Waals surface area contributed by atoms with E-state index in [0.717, 1.165) is 21.8 Å². The molecule has 2 aromatic heterocycles. The van der Waals surface area contributed by atoms with Gasteiger partial charge in [0.25, 0.3) is 0 Å². The number of pyridine rings is 2. The molecule has 5 rings (SSSR count). The fourth-order valence-electron chi connectivity index (χ4n) is 5.90. The number of hydrogen-bond donors (Lipinski definition) is 6. The fourth-order valence-corrected chi connectivity index (χ4v) is 5.90. The molecule has 10 N–H and O–H groups in total. The summed E-state index contributed by atoms with van der Waals surface area (Å²) >= 11 is 0. The first-order valence-electron chi connectivity index (χ1n) is 18.1. The average molecular weight is 865 g/mol. The number of carboxylic acids is 2. The summed E-state index contributed by atoms with van der Waals surface area (Å²) in [5, 5.41) is 16.1. The smallest absolute Gasteiger partial charge is 0.475 e. The van der Waals surface area contributed by atoms with Gasteiger partial charge in [0.1, 0.15) is 5.41 Å². The number of halogens is 6. The summed E-state index contributed by atoms with van der Waals surface area (Å²) in [6.45, 7) is 0.874. The van der Waals surface area contributed by atoms with E-state index in [0.29, 0.717) is 50.2 Å². The molecule has 1 fully saturated rings. The maximum absolute atomic E-state index is 14.7. The minimum Gasteiger partial charge on any atom is -0.475 e. The van der Waals surface area contributed by atoms with Crippen LogP contribution in [-0.2, 0) is 32.0 Å². The lowest BCUT2D eigenvalue weighted by Crippen LogP contribution is -2.66. The molecule has 23 heteroatoms. The molecule has 328 valence electrons. The molecule has 1 saturated heterocycles. The molecular weight excluding hydrogens is 822 g/mol. The van der Waals surface area contributed by atoms with E-state index in [1.165, 1.54) is 9.80 Å². The Morgan fingerprint density at radius 1 is 0.590 bits per heavy atom. The Hall–Kier alpha value is -7.07. The molecule has 2 aromatic carbocycles. The van der Waals surface area contributed by atoms with Crippen molar-refractivity contribution in [1.82, 2.24) is 19.8 Å². The quantitative estimate of drug-likeness (QED) is 0.0347. The van der Waals surface area contributed by atoms with Crippen LogP contribution in [0.25, 0.3) is 21.8 Å². The van der Waals surface area contributed by atoms with Gasteiger partial charge in [0.15, 0.2) is 11.9 Å². The lowest BCUT2D eigenvalue weighted by atomic mass is 9.74. The Morgan fingerprint density at radius 3 is 1.26 bits per heavy atom. The van der Waals surface area contributed by atoms with Gasteiger partial charge < -0.3 is 33.1 Å². The van der Waals surface area contributed by atoms with Gasteiger partial charge in [-0.1, -0.05) is 48.5 Å². The summed E-state index contributed by atoms with van der Waals surface area (Å²) in [6, 6.07) is 22.1. The number of hydrogen-bond acceptors (Lipinski definition) is 9. The van der Waals surface area contributed by atoms with Crippen LogP contribution in [0, 0.1) is 5.41 Å². The van der Waals surface area contributed by atoms with Crippen molar-refractivity contribution in [2.75, 3.05) is 26.2 Å². The standard InChI is InChI=1S/C34H40N10O3.2C2HF3O2/c35-31(36)39-17-5-7-19-43-29(45)34(21-25-15-13-23-9-1-3-11-27(23)41-25,22-26-16-14-24-10-2-4-12-28(24)42-26)30(46)44(33(43)47)20-8-6-18-40-32(37)38;2*3-2(4,5)1(6)7/h1-4,9-16H,5-8,17-22H2,(H4,35,36,39)(H4,37,38,40);2*(H,6,7). The van der Waals surface area contributed by atoms with Gasteiger partial charge in [-0.2, -0.15) is 26.3 Å². The normalized spacial score (nSPS) is 13.8. The maximum Gasteiger partial charge on any atom is 0.490 e. The number of amides is 4.